The highest BCUT2D eigenvalue weighted by molar-refractivity contribution is 5.72. The van der Waals surface area contributed by atoms with Crippen molar-refractivity contribution in [2.75, 3.05) is 41.0 Å². The molecule has 2 atom stereocenters. The highest BCUT2D eigenvalue weighted by atomic mass is 16.6. The van der Waals surface area contributed by atoms with Crippen LogP contribution in [0.5, 0.6) is 0 Å². The van der Waals surface area contributed by atoms with E-state index in [1.54, 1.807) is 0 Å². The van der Waals surface area contributed by atoms with E-state index in [1.165, 1.54) is 38.5 Å². The average molecular weight is 825 g/mol. The van der Waals surface area contributed by atoms with Crippen LogP contribution in [0.15, 0.2) is 85.1 Å². The first-order chi connectivity index (χ1) is 28.6. The highest BCUT2D eigenvalue weighted by Gasteiger charge is 2.31. The Bertz CT molecular complexity index is 1240. The molecule has 0 aliphatic rings. The summed E-state index contributed by atoms with van der Waals surface area (Å²) in [5.41, 5.74) is 0. The van der Waals surface area contributed by atoms with Crippen LogP contribution in [0.3, 0.4) is 0 Å². The Morgan fingerprint density at radius 2 is 0.898 bits per heavy atom. The molecule has 0 aliphatic heterocycles. The maximum absolute atomic E-state index is 12.7. The number of allylic oxidation sites excluding steroid dienone is 14. The van der Waals surface area contributed by atoms with Gasteiger partial charge in [0.25, 0.3) is 0 Å². The Hall–Kier alpha value is -3.49. The number of hydrogen-bond donors (Lipinski definition) is 1. The summed E-state index contributed by atoms with van der Waals surface area (Å²) >= 11 is 0. The minimum absolute atomic E-state index is 0.0417. The minimum atomic E-state index is -0.885. The van der Waals surface area contributed by atoms with Gasteiger partial charge in [-0.05, 0) is 83.5 Å². The first-order valence-corrected chi connectivity index (χ1v) is 23.1. The van der Waals surface area contributed by atoms with Crippen LogP contribution >= 0.6 is 0 Å². The van der Waals surface area contributed by atoms with Crippen molar-refractivity contribution >= 4 is 17.9 Å². The second kappa shape index (κ2) is 41.3. The van der Waals surface area contributed by atoms with Crippen LogP contribution in [0, 0.1) is 0 Å². The van der Waals surface area contributed by atoms with E-state index in [4.69, 9.17) is 14.2 Å². The van der Waals surface area contributed by atoms with Crippen molar-refractivity contribution in [1.29, 1.82) is 0 Å². The van der Waals surface area contributed by atoms with Gasteiger partial charge in [0.2, 0.25) is 0 Å². The van der Waals surface area contributed by atoms with E-state index in [9.17, 15) is 19.5 Å². The molecule has 1 N–H and O–H groups in total. The highest BCUT2D eigenvalue weighted by Crippen LogP contribution is 2.14. The summed E-state index contributed by atoms with van der Waals surface area (Å²) in [5.74, 6) is -1.52. The minimum Gasteiger partial charge on any atom is -0.477 e. The third kappa shape index (κ3) is 39.7. The third-order valence-electron chi connectivity index (χ3n) is 9.79. The zero-order valence-corrected chi connectivity index (χ0v) is 38.2. The molecule has 8 heteroatoms. The smallest absolute Gasteiger partial charge is 0.362 e. The summed E-state index contributed by atoms with van der Waals surface area (Å²) < 4.78 is 17.3. The average Bonchev–Trinajstić information content (AvgIpc) is 3.19. The number of unbranched alkanes of at least 4 members (excludes halogenated alkanes) is 12. The molecule has 0 aromatic rings. The molecule has 0 saturated carbocycles. The van der Waals surface area contributed by atoms with Gasteiger partial charge in [0.1, 0.15) is 6.61 Å². The van der Waals surface area contributed by atoms with E-state index < -0.39 is 18.1 Å². The molecule has 0 aromatic heterocycles. The Morgan fingerprint density at radius 1 is 0.508 bits per heavy atom. The molecule has 59 heavy (non-hydrogen) atoms. The van der Waals surface area contributed by atoms with Gasteiger partial charge in [0, 0.05) is 19.3 Å². The summed E-state index contributed by atoms with van der Waals surface area (Å²) in [6.45, 7) is 4.46. The van der Waals surface area contributed by atoms with Gasteiger partial charge >= 0.3 is 17.9 Å². The number of ether oxygens (including phenoxy) is 3. The topological polar surface area (TPSA) is 99.1 Å². The molecule has 0 rings (SSSR count). The first-order valence-electron chi connectivity index (χ1n) is 23.1. The van der Waals surface area contributed by atoms with Crippen molar-refractivity contribution < 1.29 is 38.2 Å². The molecule has 0 bridgehead atoms. The molecule has 0 aromatic carbocycles. The van der Waals surface area contributed by atoms with Crippen LogP contribution in [0.25, 0.3) is 0 Å². The third-order valence-corrected chi connectivity index (χ3v) is 9.79. The lowest BCUT2D eigenvalue weighted by Crippen LogP contribution is -2.50. The van der Waals surface area contributed by atoms with Gasteiger partial charge in [-0.1, -0.05) is 150 Å². The lowest BCUT2D eigenvalue weighted by molar-refractivity contribution is -0.887. The van der Waals surface area contributed by atoms with E-state index in [2.05, 4.69) is 98.9 Å². The Kier molecular flexibility index (Phi) is 38.8. The summed E-state index contributed by atoms with van der Waals surface area (Å²) in [7, 11) is 5.51. The maximum atomic E-state index is 12.7. The fourth-order valence-corrected chi connectivity index (χ4v) is 6.27. The number of carboxylic acid groups (broad SMARTS) is 1. The molecule has 336 valence electrons. The van der Waals surface area contributed by atoms with Crippen molar-refractivity contribution in [3.63, 3.8) is 0 Å². The van der Waals surface area contributed by atoms with Gasteiger partial charge in [-0.3, -0.25) is 9.59 Å². The van der Waals surface area contributed by atoms with E-state index in [1.807, 2.05) is 21.1 Å². The van der Waals surface area contributed by atoms with Crippen LogP contribution in [-0.2, 0) is 28.6 Å². The fourth-order valence-electron chi connectivity index (χ4n) is 6.27. The Balaban J connectivity index is 4.37. The number of carbonyl (C=O) groups excluding carboxylic acids is 2. The van der Waals surface area contributed by atoms with Crippen LogP contribution in [0.1, 0.15) is 168 Å². The zero-order chi connectivity index (χ0) is 43.5. The van der Waals surface area contributed by atoms with E-state index in [0.717, 1.165) is 96.3 Å². The van der Waals surface area contributed by atoms with Gasteiger partial charge in [-0.2, -0.15) is 0 Å². The standard InChI is InChI=1S/C51H85NO7/c1-6-8-10-12-14-16-18-20-22-24-25-26-28-29-31-33-35-37-39-41-49(53)58-46-47(45-57-44-43-48(51(55)56)52(3,4)5)59-50(54)42-40-38-36-34-32-30-27-23-21-19-17-15-13-11-9-7-2/h8-11,14-17,20-23,30,32,47-48H,6-7,12-13,18-19,24-29,31,33-46H2,1-5H3/p+1/b10-8+,11-9+,16-14+,17-15+,22-20+,23-21+,32-30+. The summed E-state index contributed by atoms with van der Waals surface area (Å²) in [6, 6.07) is -0.626. The molecule has 0 heterocycles. The van der Waals surface area contributed by atoms with E-state index in [0.29, 0.717) is 12.8 Å². The number of likely N-dealkylation sites (N-methyl/N-ethyl adjacent to an activating group) is 1. The SMILES string of the molecule is CC/C=C/C/C=C/C/C=C/C/C=C/CCCCCC(=O)OC(COCCC(C(=O)O)[N+](C)(C)C)COC(=O)CCCCCCCCCCC/C=C/C/C=C/C/C=C/CC. The van der Waals surface area contributed by atoms with Crippen LogP contribution in [-0.4, -0.2) is 80.6 Å². The number of quaternary nitrogens is 1. The molecular weight excluding hydrogens is 739 g/mol. The van der Waals surface area contributed by atoms with Crippen LogP contribution < -0.4 is 0 Å². The molecule has 0 spiro atoms. The number of carboxylic acids is 1. The van der Waals surface area contributed by atoms with Gasteiger partial charge in [-0.25, -0.2) is 4.79 Å². The summed E-state index contributed by atoms with van der Waals surface area (Å²) in [4.78, 5) is 37.0. The quantitative estimate of drug-likeness (QED) is 0.0284. The fraction of sp³-hybridized carbons (Fsp3) is 0.667. The van der Waals surface area contributed by atoms with Gasteiger partial charge < -0.3 is 23.8 Å². The number of nitrogens with zero attached hydrogens (tertiary/aromatic N) is 1. The number of carbonyl (C=O) groups is 3. The van der Waals surface area contributed by atoms with Crippen molar-refractivity contribution in [1.82, 2.24) is 0 Å². The maximum Gasteiger partial charge on any atom is 0.362 e. The van der Waals surface area contributed by atoms with Crippen molar-refractivity contribution in [3.05, 3.63) is 85.1 Å². The number of hydrogen-bond acceptors (Lipinski definition) is 6. The molecule has 0 saturated heterocycles. The monoisotopic (exact) mass is 825 g/mol. The van der Waals surface area contributed by atoms with E-state index in [-0.39, 0.29) is 42.7 Å². The predicted molar refractivity (Wildman–Crippen MR) is 247 cm³/mol. The number of esters is 2. The lowest BCUT2D eigenvalue weighted by Gasteiger charge is -2.31. The van der Waals surface area contributed by atoms with Crippen molar-refractivity contribution in [2.45, 2.75) is 180 Å². The van der Waals surface area contributed by atoms with E-state index >= 15 is 0 Å². The number of rotatable bonds is 40. The van der Waals surface area contributed by atoms with Crippen molar-refractivity contribution in [3.8, 4) is 0 Å². The molecular formula is C51H86NO7+. The van der Waals surface area contributed by atoms with Crippen LogP contribution in [0.2, 0.25) is 0 Å². The summed E-state index contributed by atoms with van der Waals surface area (Å²) in [5, 5.41) is 9.63. The zero-order valence-electron chi connectivity index (χ0n) is 38.2. The lowest BCUT2D eigenvalue weighted by atomic mass is 10.1. The van der Waals surface area contributed by atoms with Crippen LogP contribution in [0.4, 0.5) is 0 Å². The Morgan fingerprint density at radius 3 is 1.34 bits per heavy atom. The van der Waals surface area contributed by atoms with Gasteiger partial charge in [0.15, 0.2) is 12.1 Å². The molecule has 0 aliphatic carbocycles. The van der Waals surface area contributed by atoms with Gasteiger partial charge in [0.05, 0.1) is 34.4 Å². The molecule has 0 fully saturated rings. The second-order valence-electron chi connectivity index (χ2n) is 16.2. The molecule has 0 amide bonds. The van der Waals surface area contributed by atoms with Gasteiger partial charge in [-0.15, -0.1) is 0 Å². The molecule has 0 radical (unpaired) electrons. The first kappa shape index (κ1) is 55.5. The predicted octanol–water partition coefficient (Wildman–Crippen LogP) is 12.9. The normalized spacial score (nSPS) is 13.7. The largest absolute Gasteiger partial charge is 0.477 e. The molecule has 2 unspecified atom stereocenters. The second-order valence-corrected chi connectivity index (χ2v) is 16.2. The Labute approximate surface area is 361 Å². The van der Waals surface area contributed by atoms with Crippen molar-refractivity contribution in [2.24, 2.45) is 0 Å². The summed E-state index contributed by atoms with van der Waals surface area (Å²) in [6.07, 6.45) is 53.4. The molecule has 8 nitrogen and oxygen atoms in total. The number of aliphatic carboxylic acids is 1.